The van der Waals surface area contributed by atoms with Gasteiger partial charge < -0.3 is 5.32 Å². The van der Waals surface area contributed by atoms with Crippen LogP contribution in [0.4, 0.5) is 13.2 Å². The lowest BCUT2D eigenvalue weighted by Crippen LogP contribution is -2.44. The van der Waals surface area contributed by atoms with Crippen LogP contribution in [0.1, 0.15) is 5.56 Å². The molecule has 106 valence electrons. The second-order valence-corrected chi connectivity index (χ2v) is 4.46. The number of amides is 1. The third-order valence-corrected chi connectivity index (χ3v) is 3.04. The van der Waals surface area contributed by atoms with Crippen molar-refractivity contribution < 1.29 is 22.5 Å². The van der Waals surface area contributed by atoms with E-state index >= 15 is 0 Å². The van der Waals surface area contributed by atoms with E-state index in [2.05, 4.69) is 0 Å². The summed E-state index contributed by atoms with van der Waals surface area (Å²) in [5.41, 5.74) is 2.02. The fourth-order valence-corrected chi connectivity index (χ4v) is 2.01. The molecule has 0 spiro atoms. The van der Waals surface area contributed by atoms with Crippen LogP contribution in [0.5, 0.6) is 0 Å². The predicted octanol–water partition coefficient (Wildman–Crippen LogP) is 2.11. The van der Waals surface area contributed by atoms with Gasteiger partial charge in [-0.3, -0.25) is 4.79 Å². The van der Waals surface area contributed by atoms with Gasteiger partial charge >= 0.3 is 12.1 Å². The topological polar surface area (TPSA) is 33.0 Å². The third-order valence-electron chi connectivity index (χ3n) is 3.04. The zero-order chi connectivity index (χ0) is 14.8. The molecule has 6 heteroatoms. The lowest BCUT2D eigenvalue weighted by molar-refractivity contribution is -0.669. The largest absolute Gasteiger partial charge is 0.471 e. The van der Waals surface area contributed by atoms with Crippen molar-refractivity contribution >= 4 is 16.8 Å². The summed E-state index contributed by atoms with van der Waals surface area (Å²) in [5.74, 6) is -1.91. The fraction of sp³-hybridized carbons (Fsp3) is 0.286. The Balaban J connectivity index is 2.12. The normalized spacial score (nSPS) is 11.6. The Labute approximate surface area is 114 Å². The number of rotatable bonds is 3. The van der Waals surface area contributed by atoms with Gasteiger partial charge in [0.1, 0.15) is 0 Å². The van der Waals surface area contributed by atoms with E-state index in [-0.39, 0.29) is 13.1 Å². The summed E-state index contributed by atoms with van der Waals surface area (Å²) >= 11 is 0. The highest BCUT2D eigenvalue weighted by molar-refractivity contribution is 5.81. The monoisotopic (exact) mass is 283 g/mol. The first-order valence-electron chi connectivity index (χ1n) is 6.12. The Morgan fingerprint density at radius 2 is 1.95 bits per heavy atom. The van der Waals surface area contributed by atoms with Crippen LogP contribution >= 0.6 is 0 Å². The Hall–Kier alpha value is -2.11. The van der Waals surface area contributed by atoms with Crippen molar-refractivity contribution in [3.05, 3.63) is 42.1 Å². The molecular weight excluding hydrogens is 269 g/mol. The molecule has 0 atom stereocenters. The Kier molecular flexibility index (Phi) is 3.92. The van der Waals surface area contributed by atoms with Crippen LogP contribution in [0, 0.1) is 6.92 Å². The number of aromatic nitrogens is 1. The van der Waals surface area contributed by atoms with E-state index in [9.17, 15) is 18.0 Å². The summed E-state index contributed by atoms with van der Waals surface area (Å²) in [4.78, 5) is 10.7. The van der Waals surface area contributed by atoms with Crippen LogP contribution < -0.4 is 9.88 Å². The SMILES string of the molecule is Cc1cc[n+](CCNC(=O)C(F)(F)F)c2ccccc12. The van der Waals surface area contributed by atoms with Crippen molar-refractivity contribution in [1.29, 1.82) is 0 Å². The summed E-state index contributed by atoms with van der Waals surface area (Å²) in [6.45, 7) is 2.18. The highest BCUT2D eigenvalue weighted by Crippen LogP contribution is 2.14. The van der Waals surface area contributed by atoms with Crippen molar-refractivity contribution in [2.75, 3.05) is 6.54 Å². The molecule has 1 aromatic heterocycles. The summed E-state index contributed by atoms with van der Waals surface area (Å²) in [5, 5.41) is 2.90. The number of fused-ring (bicyclic) bond motifs is 1. The van der Waals surface area contributed by atoms with Crippen LogP contribution in [0.3, 0.4) is 0 Å². The molecule has 0 saturated carbocycles. The van der Waals surface area contributed by atoms with Gasteiger partial charge in [0.15, 0.2) is 12.7 Å². The summed E-state index contributed by atoms with van der Waals surface area (Å²) in [6, 6.07) is 9.52. The van der Waals surface area contributed by atoms with Gasteiger partial charge in [-0.1, -0.05) is 12.1 Å². The number of alkyl halides is 3. The molecule has 2 aromatic rings. The average Bonchev–Trinajstić information content (AvgIpc) is 2.40. The standard InChI is InChI=1S/C14H13F3N2O/c1-10-6-8-19(12-5-3-2-4-11(10)12)9-7-18-13(20)14(15,16)17/h2-6,8H,7,9H2,1H3/p+1. The number of hydrogen-bond donors (Lipinski definition) is 1. The first-order chi connectivity index (χ1) is 9.39. The molecule has 1 N–H and O–H groups in total. The van der Waals surface area contributed by atoms with E-state index in [0.717, 1.165) is 16.5 Å². The van der Waals surface area contributed by atoms with E-state index in [1.165, 1.54) is 0 Å². The van der Waals surface area contributed by atoms with E-state index in [0.29, 0.717) is 0 Å². The molecule has 0 aliphatic heterocycles. The number of aryl methyl sites for hydroxylation is 1. The number of halogens is 3. The van der Waals surface area contributed by atoms with E-state index < -0.39 is 12.1 Å². The molecule has 0 aliphatic rings. The van der Waals surface area contributed by atoms with E-state index in [4.69, 9.17) is 0 Å². The van der Waals surface area contributed by atoms with Gasteiger partial charge in [0.05, 0.1) is 6.54 Å². The number of para-hydroxylation sites is 1. The van der Waals surface area contributed by atoms with Gasteiger partial charge in [-0.25, -0.2) is 0 Å². The number of nitrogens with one attached hydrogen (secondary N) is 1. The molecule has 1 aromatic carbocycles. The molecule has 0 fully saturated rings. The Morgan fingerprint density at radius 3 is 2.65 bits per heavy atom. The van der Waals surface area contributed by atoms with Gasteiger partial charge in [0.2, 0.25) is 5.52 Å². The van der Waals surface area contributed by atoms with Gasteiger partial charge in [-0.15, -0.1) is 0 Å². The van der Waals surface area contributed by atoms with Crippen LogP contribution in [-0.4, -0.2) is 18.6 Å². The zero-order valence-electron chi connectivity index (χ0n) is 10.9. The molecule has 20 heavy (non-hydrogen) atoms. The second kappa shape index (κ2) is 5.48. The molecule has 0 radical (unpaired) electrons. The van der Waals surface area contributed by atoms with Crippen molar-refractivity contribution in [3.63, 3.8) is 0 Å². The highest BCUT2D eigenvalue weighted by Gasteiger charge is 2.38. The molecule has 0 bridgehead atoms. The van der Waals surface area contributed by atoms with Gasteiger partial charge in [-0.05, 0) is 18.6 Å². The maximum Gasteiger partial charge on any atom is 0.471 e. The van der Waals surface area contributed by atoms with Crippen molar-refractivity contribution in [3.8, 4) is 0 Å². The molecule has 0 saturated heterocycles. The fourth-order valence-electron chi connectivity index (χ4n) is 2.01. The first-order valence-corrected chi connectivity index (χ1v) is 6.12. The van der Waals surface area contributed by atoms with E-state index in [1.807, 2.05) is 47.1 Å². The van der Waals surface area contributed by atoms with Crippen molar-refractivity contribution in [1.82, 2.24) is 5.32 Å². The number of benzene rings is 1. The maximum absolute atomic E-state index is 12.1. The van der Waals surface area contributed by atoms with Crippen molar-refractivity contribution in [2.45, 2.75) is 19.6 Å². The molecule has 1 amide bonds. The minimum absolute atomic E-state index is 0.0733. The summed E-state index contributed by atoms with van der Waals surface area (Å²) in [7, 11) is 0. The van der Waals surface area contributed by atoms with Crippen LogP contribution in [0.2, 0.25) is 0 Å². The van der Waals surface area contributed by atoms with Crippen LogP contribution in [-0.2, 0) is 11.3 Å². The number of pyridine rings is 1. The minimum Gasteiger partial charge on any atom is -0.342 e. The smallest absolute Gasteiger partial charge is 0.342 e. The highest BCUT2D eigenvalue weighted by atomic mass is 19.4. The molecule has 3 nitrogen and oxygen atoms in total. The zero-order valence-corrected chi connectivity index (χ0v) is 10.9. The lowest BCUT2D eigenvalue weighted by Gasteiger charge is -2.07. The maximum atomic E-state index is 12.1. The van der Waals surface area contributed by atoms with Gasteiger partial charge in [0.25, 0.3) is 0 Å². The van der Waals surface area contributed by atoms with E-state index in [1.54, 1.807) is 6.20 Å². The molecule has 1 heterocycles. The Bertz CT molecular complexity index is 638. The Morgan fingerprint density at radius 1 is 1.25 bits per heavy atom. The molecule has 2 rings (SSSR count). The quantitative estimate of drug-likeness (QED) is 0.860. The number of hydrogen-bond acceptors (Lipinski definition) is 1. The van der Waals surface area contributed by atoms with Crippen LogP contribution in [0.25, 0.3) is 10.9 Å². The first kappa shape index (κ1) is 14.3. The van der Waals surface area contributed by atoms with Gasteiger partial charge in [-0.2, -0.15) is 17.7 Å². The summed E-state index contributed by atoms with van der Waals surface area (Å²) < 4.78 is 38.0. The molecular formula is C14H14F3N2O+. The summed E-state index contributed by atoms with van der Waals surface area (Å²) in [6.07, 6.45) is -3.03. The third kappa shape index (κ3) is 3.07. The number of carbonyl (C=O) groups excluding carboxylic acids is 1. The number of nitrogens with zero attached hydrogens (tertiary/aromatic N) is 1. The van der Waals surface area contributed by atoms with Crippen molar-refractivity contribution in [2.24, 2.45) is 0 Å². The minimum atomic E-state index is -4.83. The van der Waals surface area contributed by atoms with Gasteiger partial charge in [0, 0.05) is 17.5 Å². The molecule has 0 aliphatic carbocycles. The second-order valence-electron chi connectivity index (χ2n) is 4.46. The van der Waals surface area contributed by atoms with Crippen LogP contribution in [0.15, 0.2) is 36.5 Å². The molecule has 0 unspecified atom stereocenters. The number of carbonyl (C=O) groups is 1. The predicted molar refractivity (Wildman–Crippen MR) is 67.9 cm³/mol. The lowest BCUT2D eigenvalue weighted by atomic mass is 10.1. The average molecular weight is 283 g/mol.